The second-order valence-corrected chi connectivity index (χ2v) is 3.81. The van der Waals surface area contributed by atoms with Crippen LogP contribution in [0.3, 0.4) is 0 Å². The van der Waals surface area contributed by atoms with Gasteiger partial charge in [0.25, 0.3) is 0 Å². The number of ether oxygens (including phenoxy) is 1. The van der Waals surface area contributed by atoms with Crippen LogP contribution in [-0.2, 0) is 4.79 Å². The molecular weight excluding hydrogens is 252 g/mol. The number of hydrogen-bond donors (Lipinski definition) is 2. The molecular formula is C13H21ClN2O2. The number of halogens is 1. The number of hydrogen-bond acceptors (Lipinski definition) is 3. The maximum Gasteiger partial charge on any atom is 0.241 e. The molecule has 0 fully saturated rings. The normalized spacial score (nSPS) is 11.3. The number of para-hydroxylation sites is 2. The van der Waals surface area contributed by atoms with Crippen molar-refractivity contribution in [3.05, 3.63) is 24.3 Å². The van der Waals surface area contributed by atoms with Gasteiger partial charge in [0, 0.05) is 0 Å². The number of amides is 1. The first kappa shape index (κ1) is 16.7. The maximum atomic E-state index is 11.8. The second-order valence-electron chi connectivity index (χ2n) is 3.81. The van der Waals surface area contributed by atoms with Gasteiger partial charge in [0.1, 0.15) is 5.75 Å². The van der Waals surface area contributed by atoms with E-state index in [1.807, 2.05) is 38.1 Å². The van der Waals surface area contributed by atoms with Gasteiger partial charge in [-0.2, -0.15) is 0 Å². The summed E-state index contributed by atoms with van der Waals surface area (Å²) in [6, 6.07) is 6.89. The lowest BCUT2D eigenvalue weighted by molar-refractivity contribution is -0.117. The number of benzene rings is 1. The van der Waals surface area contributed by atoms with Gasteiger partial charge >= 0.3 is 0 Å². The number of rotatable bonds is 6. The zero-order chi connectivity index (χ0) is 12.7. The quantitative estimate of drug-likeness (QED) is 0.837. The molecule has 3 N–H and O–H groups in total. The van der Waals surface area contributed by atoms with Crippen LogP contribution in [0.5, 0.6) is 5.75 Å². The molecule has 1 atom stereocenters. The van der Waals surface area contributed by atoms with Crippen LogP contribution in [0.15, 0.2) is 24.3 Å². The van der Waals surface area contributed by atoms with Crippen LogP contribution in [0.25, 0.3) is 0 Å². The Bertz CT molecular complexity index is 372. The van der Waals surface area contributed by atoms with E-state index in [0.29, 0.717) is 24.5 Å². The van der Waals surface area contributed by atoms with Gasteiger partial charge < -0.3 is 15.8 Å². The minimum atomic E-state index is -0.463. The summed E-state index contributed by atoms with van der Waals surface area (Å²) in [5.74, 6) is 0.506. The van der Waals surface area contributed by atoms with Crippen LogP contribution in [0.1, 0.15) is 26.7 Å². The smallest absolute Gasteiger partial charge is 0.241 e. The first-order chi connectivity index (χ1) is 8.19. The van der Waals surface area contributed by atoms with Crippen molar-refractivity contribution in [1.82, 2.24) is 0 Å². The third kappa shape index (κ3) is 4.94. The van der Waals surface area contributed by atoms with E-state index >= 15 is 0 Å². The Hall–Kier alpha value is -1.26. The molecule has 0 aromatic heterocycles. The molecule has 0 spiro atoms. The van der Waals surface area contributed by atoms with E-state index in [1.165, 1.54) is 0 Å². The van der Waals surface area contributed by atoms with Crippen molar-refractivity contribution in [3.8, 4) is 5.75 Å². The standard InChI is InChI=1S/C13H20N2O2.ClH/c1-3-7-10(14)13(16)15-11-8-5-6-9-12(11)17-4-2;/h5-6,8-10H,3-4,7,14H2,1-2H3,(H,15,16);1H. The molecule has 0 aliphatic heterocycles. The summed E-state index contributed by atoms with van der Waals surface area (Å²) in [7, 11) is 0. The molecule has 1 amide bonds. The highest BCUT2D eigenvalue weighted by molar-refractivity contribution is 5.95. The molecule has 0 aliphatic rings. The van der Waals surface area contributed by atoms with E-state index in [4.69, 9.17) is 10.5 Å². The van der Waals surface area contributed by atoms with Crippen molar-refractivity contribution in [2.24, 2.45) is 5.73 Å². The average molecular weight is 273 g/mol. The van der Waals surface area contributed by atoms with E-state index in [-0.39, 0.29) is 18.3 Å². The highest BCUT2D eigenvalue weighted by Gasteiger charge is 2.14. The Kier molecular flexibility index (Phi) is 8.16. The van der Waals surface area contributed by atoms with Crippen LogP contribution in [0, 0.1) is 0 Å². The SMILES string of the molecule is CCCC(N)C(=O)Nc1ccccc1OCC.Cl. The van der Waals surface area contributed by atoms with Gasteiger partial charge in [-0.25, -0.2) is 0 Å². The third-order valence-corrected chi connectivity index (χ3v) is 2.38. The molecule has 0 bridgehead atoms. The average Bonchev–Trinajstić information content (AvgIpc) is 2.32. The van der Waals surface area contributed by atoms with Crippen molar-refractivity contribution >= 4 is 24.0 Å². The van der Waals surface area contributed by atoms with E-state index in [0.717, 1.165) is 6.42 Å². The molecule has 0 aliphatic carbocycles. The summed E-state index contributed by atoms with van der Waals surface area (Å²) in [5.41, 5.74) is 6.42. The number of carbonyl (C=O) groups excluding carboxylic acids is 1. The minimum Gasteiger partial charge on any atom is -0.492 e. The number of anilines is 1. The zero-order valence-corrected chi connectivity index (χ0v) is 11.6. The summed E-state index contributed by atoms with van der Waals surface area (Å²) in [5, 5.41) is 2.79. The van der Waals surface area contributed by atoms with E-state index < -0.39 is 6.04 Å². The van der Waals surface area contributed by atoms with Crippen molar-refractivity contribution in [3.63, 3.8) is 0 Å². The minimum absolute atomic E-state index is 0. The summed E-state index contributed by atoms with van der Waals surface area (Å²) >= 11 is 0. The molecule has 1 unspecified atom stereocenters. The van der Waals surface area contributed by atoms with Crippen LogP contribution in [0.2, 0.25) is 0 Å². The van der Waals surface area contributed by atoms with Gasteiger partial charge in [-0.15, -0.1) is 12.4 Å². The predicted molar refractivity (Wildman–Crippen MR) is 76.4 cm³/mol. The molecule has 0 heterocycles. The van der Waals surface area contributed by atoms with Crippen molar-refractivity contribution in [2.45, 2.75) is 32.7 Å². The Balaban J connectivity index is 0.00000289. The first-order valence-electron chi connectivity index (χ1n) is 5.97. The zero-order valence-electron chi connectivity index (χ0n) is 10.8. The Morgan fingerprint density at radius 1 is 1.39 bits per heavy atom. The van der Waals surface area contributed by atoms with E-state index in [9.17, 15) is 4.79 Å². The molecule has 102 valence electrons. The largest absolute Gasteiger partial charge is 0.492 e. The van der Waals surface area contributed by atoms with Crippen LogP contribution < -0.4 is 15.8 Å². The van der Waals surface area contributed by atoms with Gasteiger partial charge in [0.2, 0.25) is 5.91 Å². The van der Waals surface area contributed by atoms with Gasteiger partial charge in [-0.05, 0) is 25.5 Å². The first-order valence-corrected chi connectivity index (χ1v) is 5.97. The highest BCUT2D eigenvalue weighted by Crippen LogP contribution is 2.23. The maximum absolute atomic E-state index is 11.8. The summed E-state index contributed by atoms with van der Waals surface area (Å²) in [6.07, 6.45) is 1.57. The van der Waals surface area contributed by atoms with E-state index in [2.05, 4.69) is 5.32 Å². The fraction of sp³-hybridized carbons (Fsp3) is 0.462. The lowest BCUT2D eigenvalue weighted by atomic mass is 10.1. The number of carbonyl (C=O) groups is 1. The summed E-state index contributed by atoms with van der Waals surface area (Å²) in [4.78, 5) is 11.8. The molecule has 0 saturated carbocycles. The third-order valence-electron chi connectivity index (χ3n) is 2.38. The predicted octanol–water partition coefficient (Wildman–Crippen LogP) is 2.57. The Morgan fingerprint density at radius 3 is 2.67 bits per heavy atom. The molecule has 0 saturated heterocycles. The van der Waals surface area contributed by atoms with Crippen molar-refractivity contribution < 1.29 is 9.53 Å². The molecule has 1 aromatic rings. The molecule has 18 heavy (non-hydrogen) atoms. The highest BCUT2D eigenvalue weighted by atomic mass is 35.5. The Labute approximate surface area is 114 Å². The van der Waals surface area contributed by atoms with Gasteiger partial charge in [0.05, 0.1) is 18.3 Å². The molecule has 0 radical (unpaired) electrons. The molecule has 1 aromatic carbocycles. The Morgan fingerprint density at radius 2 is 2.06 bits per heavy atom. The monoisotopic (exact) mass is 272 g/mol. The van der Waals surface area contributed by atoms with E-state index in [1.54, 1.807) is 0 Å². The van der Waals surface area contributed by atoms with Crippen LogP contribution in [-0.4, -0.2) is 18.6 Å². The van der Waals surface area contributed by atoms with Crippen molar-refractivity contribution in [1.29, 1.82) is 0 Å². The lowest BCUT2D eigenvalue weighted by Crippen LogP contribution is -2.35. The van der Waals surface area contributed by atoms with Gasteiger partial charge in [0.15, 0.2) is 0 Å². The molecule has 5 heteroatoms. The number of nitrogens with one attached hydrogen (secondary N) is 1. The second kappa shape index (κ2) is 8.78. The van der Waals surface area contributed by atoms with Crippen LogP contribution in [0.4, 0.5) is 5.69 Å². The lowest BCUT2D eigenvalue weighted by Gasteiger charge is -2.14. The number of nitrogens with two attached hydrogens (primary N) is 1. The molecule has 1 rings (SSSR count). The molecule has 4 nitrogen and oxygen atoms in total. The van der Waals surface area contributed by atoms with Crippen molar-refractivity contribution in [2.75, 3.05) is 11.9 Å². The van der Waals surface area contributed by atoms with Gasteiger partial charge in [-0.3, -0.25) is 4.79 Å². The topological polar surface area (TPSA) is 64.4 Å². The summed E-state index contributed by atoms with van der Waals surface area (Å²) < 4.78 is 5.42. The fourth-order valence-electron chi connectivity index (χ4n) is 1.52. The van der Waals surface area contributed by atoms with Gasteiger partial charge in [-0.1, -0.05) is 25.5 Å². The fourth-order valence-corrected chi connectivity index (χ4v) is 1.52. The summed E-state index contributed by atoms with van der Waals surface area (Å²) in [6.45, 7) is 4.47. The van der Waals surface area contributed by atoms with Crippen LogP contribution >= 0.6 is 12.4 Å².